The summed E-state index contributed by atoms with van der Waals surface area (Å²) >= 11 is 19.7. The van der Waals surface area contributed by atoms with Gasteiger partial charge in [0.1, 0.15) is 0 Å². The number of alkyl halides is 1. The molecule has 3 saturated heterocycles. The molecule has 6 rings (SSSR count). The highest BCUT2D eigenvalue weighted by Crippen LogP contribution is 2.45. The minimum Gasteiger partial charge on any atom is -0.369 e. The van der Waals surface area contributed by atoms with Gasteiger partial charge in [-0.25, -0.2) is 27.5 Å². The first-order valence-corrected chi connectivity index (χ1v) is 16.4. The number of anilines is 1. The van der Waals surface area contributed by atoms with Gasteiger partial charge in [0.2, 0.25) is 10.0 Å². The average Bonchev–Trinajstić information content (AvgIpc) is 3.22. The van der Waals surface area contributed by atoms with Gasteiger partial charge in [0.25, 0.3) is 0 Å². The smallest absolute Gasteiger partial charge is 0.211 e. The van der Waals surface area contributed by atoms with Crippen molar-refractivity contribution in [3.05, 3.63) is 51.1 Å². The van der Waals surface area contributed by atoms with Gasteiger partial charge in [-0.05, 0) is 44.2 Å². The number of aromatic nitrogens is 2. The Morgan fingerprint density at radius 3 is 2.55 bits per heavy atom. The van der Waals surface area contributed by atoms with Crippen LogP contribution in [0, 0.1) is 24.1 Å². The molecule has 0 aromatic carbocycles. The molecule has 9 nitrogen and oxygen atoms in total. The maximum atomic E-state index is 15.3. The molecule has 40 heavy (non-hydrogen) atoms. The average molecular weight is 634 g/mol. The summed E-state index contributed by atoms with van der Waals surface area (Å²) in [7, 11) is -3.18. The molecule has 6 atom stereocenters. The summed E-state index contributed by atoms with van der Waals surface area (Å²) in [5, 5.41) is 0.713. The summed E-state index contributed by atoms with van der Waals surface area (Å²) in [5.74, 6) is 0.0193. The van der Waals surface area contributed by atoms with Gasteiger partial charge in [0.05, 0.1) is 45.6 Å². The highest BCUT2D eigenvalue weighted by Gasteiger charge is 2.55. The largest absolute Gasteiger partial charge is 0.369 e. The molecule has 0 amide bonds. The van der Waals surface area contributed by atoms with Crippen LogP contribution < -0.4 is 15.8 Å². The molecule has 1 aliphatic carbocycles. The van der Waals surface area contributed by atoms with Crippen molar-refractivity contribution in [1.82, 2.24) is 25.1 Å². The van der Waals surface area contributed by atoms with E-state index in [0.29, 0.717) is 66.1 Å². The maximum absolute atomic E-state index is 15.3. The lowest BCUT2D eigenvalue weighted by atomic mass is 9.74. The SMILES string of the molecule is Cc1ncc(Cl)c([C@@H](C)OC2CC3C(CC2Cl)NNC3c2cnc(N3CC4(C3)CN(S(C)(=O)=O)C4)c(F)c2)c1Cl. The van der Waals surface area contributed by atoms with Crippen LogP contribution in [0.1, 0.15) is 48.7 Å². The summed E-state index contributed by atoms with van der Waals surface area (Å²) in [4.78, 5) is 10.6. The Morgan fingerprint density at radius 2 is 1.88 bits per heavy atom. The first-order valence-electron chi connectivity index (χ1n) is 13.3. The molecule has 2 aromatic rings. The molecule has 2 N–H and O–H groups in total. The highest BCUT2D eigenvalue weighted by atomic mass is 35.5. The van der Waals surface area contributed by atoms with Crippen molar-refractivity contribution in [3.63, 3.8) is 0 Å². The second kappa shape index (κ2) is 10.4. The van der Waals surface area contributed by atoms with E-state index in [-0.39, 0.29) is 46.8 Å². The summed E-state index contributed by atoms with van der Waals surface area (Å²) in [6.07, 6.45) is 5.21. The van der Waals surface area contributed by atoms with Crippen LogP contribution in [0.4, 0.5) is 10.2 Å². The number of rotatable bonds is 6. The molecule has 218 valence electrons. The molecule has 3 aliphatic heterocycles. The third-order valence-electron chi connectivity index (χ3n) is 8.77. The normalized spacial score (nSPS) is 30.6. The molecule has 5 unspecified atom stereocenters. The van der Waals surface area contributed by atoms with Gasteiger partial charge in [0, 0.05) is 55.6 Å². The predicted molar refractivity (Wildman–Crippen MR) is 153 cm³/mol. The summed E-state index contributed by atoms with van der Waals surface area (Å²) < 4.78 is 46.6. The number of fused-ring (bicyclic) bond motifs is 1. The quantitative estimate of drug-likeness (QED) is 0.461. The second-order valence-corrected chi connectivity index (χ2v) is 15.0. The standard InChI is InChI=1S/C26H32Cl3FN6O3S/c1-13-23(29)22(18(28)8-31-13)14(2)39-21-5-16-20(6-17(21)27)33-34-24(16)15-4-19(30)25(32-7-15)35-9-26(10-35)11-36(12-26)40(3,37)38/h4,7-8,14,16-17,20-21,24,33-34H,5-6,9-12H2,1-3H3/t14-,16?,17?,20?,21?,24?/m1/s1. The van der Waals surface area contributed by atoms with E-state index in [9.17, 15) is 8.42 Å². The van der Waals surface area contributed by atoms with Crippen LogP contribution >= 0.6 is 34.8 Å². The molecular weight excluding hydrogens is 602 g/mol. The zero-order valence-electron chi connectivity index (χ0n) is 22.4. The fraction of sp³-hybridized carbons (Fsp3) is 0.615. The van der Waals surface area contributed by atoms with Crippen molar-refractivity contribution in [2.45, 2.75) is 56.4 Å². The molecule has 5 heterocycles. The Morgan fingerprint density at radius 1 is 1.15 bits per heavy atom. The van der Waals surface area contributed by atoms with Gasteiger partial charge < -0.3 is 9.64 Å². The molecule has 4 aliphatic rings. The van der Waals surface area contributed by atoms with E-state index < -0.39 is 10.0 Å². The van der Waals surface area contributed by atoms with Crippen molar-refractivity contribution in [1.29, 1.82) is 0 Å². The lowest BCUT2D eigenvalue weighted by Crippen LogP contribution is -2.73. The second-order valence-electron chi connectivity index (χ2n) is 11.7. The van der Waals surface area contributed by atoms with Crippen molar-refractivity contribution in [2.24, 2.45) is 11.3 Å². The number of nitrogens with zero attached hydrogens (tertiary/aromatic N) is 4. The van der Waals surface area contributed by atoms with Crippen LogP contribution in [0.2, 0.25) is 10.0 Å². The van der Waals surface area contributed by atoms with E-state index in [1.165, 1.54) is 10.6 Å². The van der Waals surface area contributed by atoms with Gasteiger partial charge in [0.15, 0.2) is 11.6 Å². The number of aryl methyl sites for hydroxylation is 1. The number of hydrazine groups is 1. The highest BCUT2D eigenvalue weighted by molar-refractivity contribution is 7.88. The van der Waals surface area contributed by atoms with E-state index in [2.05, 4.69) is 20.8 Å². The first-order chi connectivity index (χ1) is 18.8. The van der Waals surface area contributed by atoms with Crippen molar-refractivity contribution in [2.75, 3.05) is 37.3 Å². The predicted octanol–water partition coefficient (Wildman–Crippen LogP) is 3.99. The zero-order valence-corrected chi connectivity index (χ0v) is 25.5. The van der Waals surface area contributed by atoms with Crippen LogP contribution in [0.5, 0.6) is 0 Å². The van der Waals surface area contributed by atoms with Gasteiger partial charge in [-0.15, -0.1) is 11.6 Å². The minimum absolute atomic E-state index is 0.101. The molecule has 0 bridgehead atoms. The molecule has 2 aromatic heterocycles. The Balaban J connectivity index is 1.12. The van der Waals surface area contributed by atoms with Gasteiger partial charge >= 0.3 is 0 Å². The first kappa shape index (κ1) is 28.8. The van der Waals surface area contributed by atoms with Crippen molar-refractivity contribution >= 4 is 50.6 Å². The lowest BCUT2D eigenvalue weighted by molar-refractivity contribution is -0.0343. The number of hydrogen-bond acceptors (Lipinski definition) is 8. The topological polar surface area (TPSA) is 99.7 Å². The Bertz CT molecular complexity index is 1420. The molecule has 1 spiro atoms. The van der Waals surface area contributed by atoms with E-state index >= 15 is 4.39 Å². The minimum atomic E-state index is -3.18. The lowest BCUT2D eigenvalue weighted by Gasteiger charge is -2.59. The number of sulfonamides is 1. The Hall–Kier alpha value is -1.31. The molecular formula is C26H32Cl3FN6O3S. The summed E-state index contributed by atoms with van der Waals surface area (Å²) in [6.45, 7) is 5.87. The zero-order chi connectivity index (χ0) is 28.6. The van der Waals surface area contributed by atoms with Gasteiger partial charge in [-0.2, -0.15) is 0 Å². The van der Waals surface area contributed by atoms with Crippen LogP contribution in [-0.2, 0) is 14.8 Å². The third kappa shape index (κ3) is 5.10. The van der Waals surface area contributed by atoms with Gasteiger partial charge in [-0.1, -0.05) is 23.2 Å². The van der Waals surface area contributed by atoms with Crippen LogP contribution in [0.25, 0.3) is 0 Å². The van der Waals surface area contributed by atoms with E-state index in [4.69, 9.17) is 39.5 Å². The van der Waals surface area contributed by atoms with E-state index in [1.54, 1.807) is 18.5 Å². The molecule has 0 radical (unpaired) electrons. The van der Waals surface area contributed by atoms with E-state index in [0.717, 1.165) is 5.56 Å². The fourth-order valence-corrected chi connectivity index (χ4v) is 8.66. The maximum Gasteiger partial charge on any atom is 0.211 e. The number of hydrogen-bond donors (Lipinski definition) is 2. The Kier molecular flexibility index (Phi) is 7.52. The van der Waals surface area contributed by atoms with Gasteiger partial charge in [-0.3, -0.25) is 10.4 Å². The number of ether oxygens (including phenoxy) is 1. The molecule has 14 heteroatoms. The third-order valence-corrected chi connectivity index (χ3v) is 11.2. The monoisotopic (exact) mass is 632 g/mol. The van der Waals surface area contributed by atoms with E-state index in [1.807, 2.05) is 18.7 Å². The summed E-state index contributed by atoms with van der Waals surface area (Å²) in [5.41, 5.74) is 8.68. The van der Waals surface area contributed by atoms with Crippen LogP contribution in [-0.4, -0.2) is 72.6 Å². The number of halogens is 4. The van der Waals surface area contributed by atoms with Crippen molar-refractivity contribution in [3.8, 4) is 0 Å². The summed E-state index contributed by atoms with van der Waals surface area (Å²) in [6, 6.07) is 1.48. The number of pyridine rings is 2. The molecule has 1 saturated carbocycles. The van der Waals surface area contributed by atoms with Crippen LogP contribution in [0.3, 0.4) is 0 Å². The van der Waals surface area contributed by atoms with Crippen molar-refractivity contribution < 1.29 is 17.5 Å². The molecule has 4 fully saturated rings. The number of nitrogens with one attached hydrogen (secondary N) is 2. The Labute approximate surface area is 248 Å². The fourth-order valence-electron chi connectivity index (χ4n) is 6.64. The van der Waals surface area contributed by atoms with Crippen LogP contribution in [0.15, 0.2) is 18.5 Å².